The second-order valence-corrected chi connectivity index (χ2v) is 7.25. The van der Waals surface area contributed by atoms with Gasteiger partial charge in [0.05, 0.1) is 19.8 Å². The van der Waals surface area contributed by atoms with E-state index in [4.69, 9.17) is 9.47 Å². The summed E-state index contributed by atoms with van der Waals surface area (Å²) in [7, 11) is 0. The van der Waals surface area contributed by atoms with Gasteiger partial charge in [0, 0.05) is 24.6 Å². The van der Waals surface area contributed by atoms with Crippen LogP contribution in [-0.2, 0) is 11.3 Å². The van der Waals surface area contributed by atoms with Crippen LogP contribution in [0, 0.1) is 5.82 Å². The molecule has 2 aromatic carbocycles. The minimum Gasteiger partial charge on any atom is -0.490 e. The van der Waals surface area contributed by atoms with Crippen LogP contribution in [-0.4, -0.2) is 37.1 Å². The monoisotopic (exact) mass is 384 g/mol. The molecule has 0 aliphatic carbocycles. The topological polar surface area (TPSA) is 50.8 Å². The Balaban J connectivity index is 1.39. The standard InChI is InChI=1S/C22H25FN2O3/c23-18-6-2-1-5-17(18)14-24-22(26)15-25-10-3-7-19(25)16-8-9-20-21(13-16)28-12-4-11-27-20/h1-2,5-6,8-9,13,19H,3-4,7,10-12,14-15H2,(H,24,26)/t19-/m1/s1. The smallest absolute Gasteiger partial charge is 0.234 e. The van der Waals surface area contributed by atoms with Gasteiger partial charge in [0.1, 0.15) is 5.82 Å². The Morgan fingerprint density at radius 2 is 1.93 bits per heavy atom. The predicted octanol–water partition coefficient (Wildman–Crippen LogP) is 3.44. The quantitative estimate of drug-likeness (QED) is 0.858. The van der Waals surface area contributed by atoms with Gasteiger partial charge in [-0.3, -0.25) is 9.69 Å². The highest BCUT2D eigenvalue weighted by atomic mass is 19.1. The number of rotatable bonds is 5. The number of hydrogen-bond donors (Lipinski definition) is 1. The Bertz CT molecular complexity index is 842. The Hall–Kier alpha value is -2.60. The third-order valence-corrected chi connectivity index (χ3v) is 5.30. The summed E-state index contributed by atoms with van der Waals surface area (Å²) in [6.07, 6.45) is 2.92. The van der Waals surface area contributed by atoms with Crippen LogP contribution < -0.4 is 14.8 Å². The minimum absolute atomic E-state index is 0.0931. The summed E-state index contributed by atoms with van der Waals surface area (Å²) in [6.45, 7) is 2.70. The largest absolute Gasteiger partial charge is 0.490 e. The molecule has 5 nitrogen and oxygen atoms in total. The molecule has 2 aliphatic heterocycles. The molecule has 0 aromatic heterocycles. The van der Waals surface area contributed by atoms with Crippen molar-refractivity contribution in [3.63, 3.8) is 0 Å². The average molecular weight is 384 g/mol. The zero-order valence-corrected chi connectivity index (χ0v) is 15.8. The summed E-state index contributed by atoms with van der Waals surface area (Å²) in [4.78, 5) is 14.6. The van der Waals surface area contributed by atoms with E-state index in [9.17, 15) is 9.18 Å². The van der Waals surface area contributed by atoms with Crippen LogP contribution in [0.25, 0.3) is 0 Å². The lowest BCUT2D eigenvalue weighted by Gasteiger charge is -2.25. The van der Waals surface area contributed by atoms with E-state index in [1.54, 1.807) is 18.2 Å². The molecule has 4 rings (SSSR count). The van der Waals surface area contributed by atoms with E-state index in [-0.39, 0.29) is 24.3 Å². The number of nitrogens with one attached hydrogen (secondary N) is 1. The normalized spacial score (nSPS) is 19.2. The molecular formula is C22H25FN2O3. The zero-order chi connectivity index (χ0) is 19.3. The molecule has 1 N–H and O–H groups in total. The lowest BCUT2D eigenvalue weighted by molar-refractivity contribution is -0.122. The summed E-state index contributed by atoms with van der Waals surface area (Å²) in [5.74, 6) is 1.18. The van der Waals surface area contributed by atoms with Crippen molar-refractivity contribution in [2.45, 2.75) is 31.8 Å². The number of hydrogen-bond acceptors (Lipinski definition) is 4. The maximum atomic E-state index is 13.7. The van der Waals surface area contributed by atoms with E-state index >= 15 is 0 Å². The molecule has 0 bridgehead atoms. The summed E-state index contributed by atoms with van der Waals surface area (Å²) in [5, 5.41) is 2.83. The van der Waals surface area contributed by atoms with Gasteiger partial charge in [-0.15, -0.1) is 0 Å². The minimum atomic E-state index is -0.297. The van der Waals surface area contributed by atoms with Crippen LogP contribution in [0.1, 0.15) is 36.4 Å². The molecule has 1 fully saturated rings. The zero-order valence-electron chi connectivity index (χ0n) is 15.8. The fraction of sp³-hybridized carbons (Fsp3) is 0.409. The molecule has 1 atom stereocenters. The number of carbonyl (C=O) groups excluding carboxylic acids is 1. The molecule has 2 aliphatic rings. The van der Waals surface area contributed by atoms with Gasteiger partial charge >= 0.3 is 0 Å². The van der Waals surface area contributed by atoms with Crippen molar-refractivity contribution in [3.05, 3.63) is 59.4 Å². The van der Waals surface area contributed by atoms with E-state index in [0.717, 1.165) is 42.9 Å². The Kier molecular flexibility index (Phi) is 5.76. The number of likely N-dealkylation sites (tertiary alicyclic amines) is 1. The average Bonchev–Trinajstić information content (AvgIpc) is 3.02. The Morgan fingerprint density at radius 1 is 1.11 bits per heavy atom. The molecule has 0 saturated carbocycles. The molecule has 28 heavy (non-hydrogen) atoms. The fourth-order valence-electron chi connectivity index (χ4n) is 3.86. The van der Waals surface area contributed by atoms with Gasteiger partial charge in [0.2, 0.25) is 5.91 Å². The van der Waals surface area contributed by atoms with Gasteiger partial charge < -0.3 is 14.8 Å². The number of halogens is 1. The van der Waals surface area contributed by atoms with Gasteiger partial charge in [-0.25, -0.2) is 4.39 Å². The maximum absolute atomic E-state index is 13.7. The van der Waals surface area contributed by atoms with Crippen LogP contribution in [0.5, 0.6) is 11.5 Å². The summed E-state index contributed by atoms with van der Waals surface area (Å²) in [5.41, 5.74) is 1.64. The lowest BCUT2D eigenvalue weighted by atomic mass is 10.0. The van der Waals surface area contributed by atoms with Crippen molar-refractivity contribution in [2.24, 2.45) is 0 Å². The Morgan fingerprint density at radius 3 is 2.79 bits per heavy atom. The van der Waals surface area contributed by atoms with E-state index in [1.165, 1.54) is 6.07 Å². The van der Waals surface area contributed by atoms with E-state index in [2.05, 4.69) is 16.3 Å². The van der Waals surface area contributed by atoms with E-state index < -0.39 is 0 Å². The van der Waals surface area contributed by atoms with Crippen LogP contribution in [0.2, 0.25) is 0 Å². The number of nitrogens with zero attached hydrogens (tertiary/aromatic N) is 1. The molecule has 0 spiro atoms. The van der Waals surface area contributed by atoms with Gasteiger partial charge in [-0.05, 0) is 43.1 Å². The number of benzene rings is 2. The first-order chi connectivity index (χ1) is 13.7. The highest BCUT2D eigenvalue weighted by Crippen LogP contribution is 2.37. The molecule has 6 heteroatoms. The summed E-state index contributed by atoms with van der Waals surface area (Å²) in [6, 6.07) is 12.8. The van der Waals surface area contributed by atoms with Crippen LogP contribution >= 0.6 is 0 Å². The molecule has 148 valence electrons. The molecule has 0 radical (unpaired) electrons. The SMILES string of the molecule is O=C(CN1CCC[C@@H]1c1ccc2c(c1)OCCCO2)NCc1ccccc1F. The molecule has 1 amide bonds. The van der Waals surface area contributed by atoms with Crippen LogP contribution in [0.3, 0.4) is 0 Å². The van der Waals surface area contributed by atoms with Crippen molar-refractivity contribution >= 4 is 5.91 Å². The number of amides is 1. The second-order valence-electron chi connectivity index (χ2n) is 7.25. The first kappa shape index (κ1) is 18.7. The third kappa shape index (κ3) is 4.28. The molecule has 2 heterocycles. The number of ether oxygens (including phenoxy) is 2. The van der Waals surface area contributed by atoms with Crippen LogP contribution in [0.4, 0.5) is 4.39 Å². The van der Waals surface area contributed by atoms with Crippen LogP contribution in [0.15, 0.2) is 42.5 Å². The molecule has 0 unspecified atom stereocenters. The second kappa shape index (κ2) is 8.61. The van der Waals surface area contributed by atoms with Crippen molar-refractivity contribution in [1.29, 1.82) is 0 Å². The molecular weight excluding hydrogens is 359 g/mol. The number of fused-ring (bicyclic) bond motifs is 1. The predicted molar refractivity (Wildman–Crippen MR) is 104 cm³/mol. The van der Waals surface area contributed by atoms with Crippen molar-refractivity contribution in [2.75, 3.05) is 26.3 Å². The molecule has 2 aromatic rings. The van der Waals surface area contributed by atoms with Crippen molar-refractivity contribution < 1.29 is 18.7 Å². The highest BCUT2D eigenvalue weighted by molar-refractivity contribution is 5.78. The van der Waals surface area contributed by atoms with E-state index in [1.807, 2.05) is 12.1 Å². The lowest BCUT2D eigenvalue weighted by Crippen LogP contribution is -2.36. The number of carbonyl (C=O) groups is 1. The van der Waals surface area contributed by atoms with Gasteiger partial charge in [-0.2, -0.15) is 0 Å². The summed E-state index contributed by atoms with van der Waals surface area (Å²) >= 11 is 0. The van der Waals surface area contributed by atoms with Gasteiger partial charge in [0.15, 0.2) is 11.5 Å². The highest BCUT2D eigenvalue weighted by Gasteiger charge is 2.28. The van der Waals surface area contributed by atoms with Crippen molar-refractivity contribution in [1.82, 2.24) is 10.2 Å². The Labute approximate surface area is 164 Å². The fourth-order valence-corrected chi connectivity index (χ4v) is 3.86. The van der Waals surface area contributed by atoms with E-state index in [0.29, 0.717) is 25.3 Å². The third-order valence-electron chi connectivity index (χ3n) is 5.30. The van der Waals surface area contributed by atoms with Crippen molar-refractivity contribution in [3.8, 4) is 11.5 Å². The first-order valence-corrected chi connectivity index (χ1v) is 9.84. The van der Waals surface area contributed by atoms with Gasteiger partial charge in [0.25, 0.3) is 0 Å². The van der Waals surface area contributed by atoms with Gasteiger partial charge in [-0.1, -0.05) is 24.3 Å². The first-order valence-electron chi connectivity index (χ1n) is 9.84. The molecule has 1 saturated heterocycles. The summed E-state index contributed by atoms with van der Waals surface area (Å²) < 4.78 is 25.2. The maximum Gasteiger partial charge on any atom is 0.234 e.